The van der Waals surface area contributed by atoms with Crippen molar-refractivity contribution in [2.75, 3.05) is 0 Å². The van der Waals surface area contributed by atoms with Crippen molar-refractivity contribution in [1.82, 2.24) is 9.97 Å². The van der Waals surface area contributed by atoms with Crippen molar-refractivity contribution in [3.63, 3.8) is 0 Å². The average Bonchev–Trinajstić information content (AvgIpc) is 3.60. The summed E-state index contributed by atoms with van der Waals surface area (Å²) in [6.07, 6.45) is 5.15. The summed E-state index contributed by atoms with van der Waals surface area (Å²) < 4.78 is 24.9. The first kappa shape index (κ1) is 32.5. The number of carbonyl (C=O) groups excluding carboxylic acids is 1. The standard InChI is InChI=1S/C24H21N2OS.C13H24O2.Ir/c1-14-8-9-17-16-6-5-7-18(22(16)27-23(17)26-14)21-20-15(12-24(2,3)4)13-28-19(20)10-11-25-21;1-5-10(6-2)12(14)9-13(15)11(7-3)8-4;/h5-6,8-11,13H,12H2,1-4H3;9-11,14H,5-8H2,1-4H3;/q-1;;/b;12-9-;/i12D2;;. The Morgan fingerprint density at radius 2 is 1.75 bits per heavy atom. The Kier molecular flexibility index (Phi) is 11.4. The van der Waals surface area contributed by atoms with Crippen molar-refractivity contribution < 1.29 is 37.2 Å². The maximum atomic E-state index is 11.7. The zero-order valence-electron chi connectivity index (χ0n) is 29.0. The van der Waals surface area contributed by atoms with Crippen LogP contribution in [0.3, 0.4) is 0 Å². The number of pyridine rings is 2. The van der Waals surface area contributed by atoms with E-state index >= 15 is 0 Å². The number of thiophene rings is 1. The van der Waals surface area contributed by atoms with E-state index in [1.807, 2.05) is 91.1 Å². The van der Waals surface area contributed by atoms with Gasteiger partial charge in [-0.2, -0.15) is 0 Å². The topological polar surface area (TPSA) is 76.2 Å². The van der Waals surface area contributed by atoms with E-state index in [9.17, 15) is 9.90 Å². The number of rotatable bonds is 9. The molecule has 7 heteroatoms. The summed E-state index contributed by atoms with van der Waals surface area (Å²) >= 11 is 1.54. The van der Waals surface area contributed by atoms with Crippen molar-refractivity contribution in [1.29, 1.82) is 0 Å². The first-order chi connectivity index (χ1) is 21.3. The summed E-state index contributed by atoms with van der Waals surface area (Å²) in [6.45, 7) is 15.8. The van der Waals surface area contributed by atoms with Crippen LogP contribution in [-0.2, 0) is 31.3 Å². The second-order valence-corrected chi connectivity index (χ2v) is 13.0. The van der Waals surface area contributed by atoms with Gasteiger partial charge in [-0.15, -0.1) is 29.5 Å². The van der Waals surface area contributed by atoms with Crippen molar-refractivity contribution in [3.05, 3.63) is 71.1 Å². The molecule has 0 fully saturated rings. The summed E-state index contributed by atoms with van der Waals surface area (Å²) in [5.74, 6) is 0.547. The largest absolute Gasteiger partial charge is 0.512 e. The van der Waals surface area contributed by atoms with Crippen LogP contribution in [0.1, 0.15) is 88.1 Å². The summed E-state index contributed by atoms with van der Waals surface area (Å²) in [5, 5.41) is 14.4. The molecule has 5 rings (SSSR count). The number of ketones is 1. The number of benzene rings is 1. The van der Waals surface area contributed by atoms with Crippen LogP contribution in [0.25, 0.3) is 43.4 Å². The molecular weight excluding hydrogens is 745 g/mol. The van der Waals surface area contributed by atoms with Gasteiger partial charge in [0, 0.05) is 68.4 Å². The Hall–Kier alpha value is -2.86. The summed E-state index contributed by atoms with van der Waals surface area (Å²) in [4.78, 5) is 20.9. The van der Waals surface area contributed by atoms with Gasteiger partial charge in [-0.3, -0.25) is 4.79 Å². The molecule has 4 aromatic heterocycles. The number of aliphatic hydroxyl groups is 1. The second kappa shape index (κ2) is 15.4. The van der Waals surface area contributed by atoms with E-state index in [4.69, 9.17) is 7.16 Å². The molecule has 0 spiro atoms. The molecule has 5 nitrogen and oxygen atoms in total. The zero-order chi connectivity index (χ0) is 33.1. The number of aryl methyl sites for hydroxylation is 1. The molecule has 0 aliphatic heterocycles. The number of aromatic nitrogens is 2. The van der Waals surface area contributed by atoms with E-state index in [0.29, 0.717) is 22.6 Å². The third-order valence-corrected chi connectivity index (χ3v) is 8.70. The molecule has 0 saturated heterocycles. The third-order valence-electron chi connectivity index (χ3n) is 7.75. The van der Waals surface area contributed by atoms with Crippen molar-refractivity contribution in [2.45, 2.75) is 87.4 Å². The van der Waals surface area contributed by atoms with Crippen molar-refractivity contribution >= 4 is 49.3 Å². The average molecular weight is 792 g/mol. The smallest absolute Gasteiger partial charge is 0.216 e. The van der Waals surface area contributed by atoms with Crippen LogP contribution in [0.15, 0.2) is 58.2 Å². The van der Waals surface area contributed by atoms with E-state index < -0.39 is 11.8 Å². The fourth-order valence-corrected chi connectivity index (χ4v) is 6.22. The summed E-state index contributed by atoms with van der Waals surface area (Å²) in [7, 11) is 0. The summed E-state index contributed by atoms with van der Waals surface area (Å²) in [6, 6.07) is 13.1. The van der Waals surface area contributed by atoms with Gasteiger partial charge in [0.15, 0.2) is 5.78 Å². The first-order valence-corrected chi connectivity index (χ1v) is 16.2. The molecule has 5 aromatic rings. The van der Waals surface area contributed by atoms with Crippen LogP contribution in [0.4, 0.5) is 0 Å². The number of allylic oxidation sites excluding steroid dienone is 2. The van der Waals surface area contributed by atoms with Crippen LogP contribution >= 0.6 is 11.3 Å². The van der Waals surface area contributed by atoms with E-state index in [1.54, 1.807) is 17.5 Å². The molecule has 1 radical (unpaired) electrons. The predicted octanol–water partition coefficient (Wildman–Crippen LogP) is 10.8. The predicted molar refractivity (Wildman–Crippen MR) is 181 cm³/mol. The number of nitrogens with zero attached hydrogens (tertiary/aromatic N) is 2. The molecule has 0 atom stereocenters. The Labute approximate surface area is 282 Å². The monoisotopic (exact) mass is 792 g/mol. The van der Waals surface area contributed by atoms with Crippen molar-refractivity contribution in [2.24, 2.45) is 17.3 Å². The Morgan fingerprint density at radius 3 is 2.39 bits per heavy atom. The quantitative estimate of drug-likeness (QED) is 0.0914. The molecule has 0 bridgehead atoms. The van der Waals surface area contributed by atoms with Gasteiger partial charge in [0.1, 0.15) is 0 Å². The van der Waals surface area contributed by atoms with Gasteiger partial charge in [-0.1, -0.05) is 59.4 Å². The molecule has 1 aromatic carbocycles. The number of aliphatic hydroxyl groups excluding tert-OH is 1. The van der Waals surface area contributed by atoms with Gasteiger partial charge in [0.05, 0.1) is 11.3 Å². The van der Waals surface area contributed by atoms with E-state index in [-0.39, 0.29) is 43.5 Å². The van der Waals surface area contributed by atoms with Gasteiger partial charge in [0.25, 0.3) is 0 Å². The first-order valence-electron chi connectivity index (χ1n) is 16.3. The molecular formula is C37H45IrN2O3S-. The minimum Gasteiger partial charge on any atom is -0.512 e. The minimum atomic E-state index is -1.52. The van der Waals surface area contributed by atoms with E-state index in [1.165, 1.54) is 6.08 Å². The molecule has 1 N–H and O–H groups in total. The molecule has 237 valence electrons. The summed E-state index contributed by atoms with van der Waals surface area (Å²) in [5.41, 5.74) is 3.69. The SMILES string of the molecule is CCC(CC)C(=O)/C=C(\O)C(CC)CC.[2H]C([2H])(c1csc2ccnc(-c3[c-]ccc4c3oc3nc(C)ccc34)c12)C(C)(C)C.[Ir]. The van der Waals surface area contributed by atoms with Gasteiger partial charge >= 0.3 is 0 Å². The Balaban J connectivity index is 0.000000309. The molecule has 44 heavy (non-hydrogen) atoms. The van der Waals surface area contributed by atoms with Crippen molar-refractivity contribution in [3.8, 4) is 11.3 Å². The van der Waals surface area contributed by atoms with Crippen LogP contribution in [0.2, 0.25) is 0 Å². The number of fused-ring (bicyclic) bond motifs is 4. The Morgan fingerprint density at radius 1 is 1.07 bits per heavy atom. The Bertz CT molecular complexity index is 1830. The zero-order valence-corrected chi connectivity index (χ0v) is 30.2. The van der Waals surface area contributed by atoms with Gasteiger partial charge in [-0.25, -0.2) is 4.98 Å². The minimum absolute atomic E-state index is 0. The van der Waals surface area contributed by atoms with Gasteiger partial charge in [0.2, 0.25) is 5.71 Å². The van der Waals surface area contributed by atoms with Crippen LogP contribution in [0.5, 0.6) is 0 Å². The molecule has 0 unspecified atom stereocenters. The fourth-order valence-electron chi connectivity index (χ4n) is 5.34. The number of carbonyl (C=O) groups is 1. The van der Waals surface area contributed by atoms with Crippen LogP contribution in [0, 0.1) is 30.2 Å². The number of hydrogen-bond donors (Lipinski definition) is 1. The number of hydrogen-bond acceptors (Lipinski definition) is 6. The van der Waals surface area contributed by atoms with Crippen LogP contribution < -0.4 is 0 Å². The fraction of sp³-hybridized carbons (Fsp3) is 0.432. The van der Waals surface area contributed by atoms with Gasteiger partial charge in [-0.05, 0) is 78.9 Å². The molecule has 0 aliphatic rings. The normalized spacial score (nSPS) is 13.2. The molecule has 0 amide bonds. The number of furan rings is 1. The second-order valence-electron chi connectivity index (χ2n) is 12.1. The molecule has 4 heterocycles. The maximum Gasteiger partial charge on any atom is 0.216 e. The molecule has 0 saturated carbocycles. The van der Waals surface area contributed by atoms with E-state index in [2.05, 4.69) is 16.0 Å². The van der Waals surface area contributed by atoms with Gasteiger partial charge < -0.3 is 14.5 Å². The maximum absolute atomic E-state index is 11.7. The van der Waals surface area contributed by atoms with Crippen LogP contribution in [-0.4, -0.2) is 20.9 Å². The molecule has 0 aliphatic carbocycles. The van der Waals surface area contributed by atoms with E-state index in [0.717, 1.165) is 57.8 Å². The third kappa shape index (κ3) is 8.04.